The molecule has 1 aromatic heterocycles. The Bertz CT molecular complexity index is 587. The lowest BCUT2D eigenvalue weighted by molar-refractivity contribution is -0.145. The Morgan fingerprint density at radius 2 is 2.10 bits per heavy atom. The van der Waals surface area contributed by atoms with E-state index in [4.69, 9.17) is 9.84 Å². The second kappa shape index (κ2) is 6.53. The number of carbonyl (C=O) groups excluding carboxylic acids is 1. The maximum Gasteiger partial charge on any atom is 0.329 e. The van der Waals surface area contributed by atoms with Crippen LogP contribution in [0.15, 0.2) is 17.1 Å². The Kier molecular flexibility index (Phi) is 4.74. The second-order valence-corrected chi connectivity index (χ2v) is 5.09. The number of H-pyrrole nitrogens is 1. The first-order valence-electron chi connectivity index (χ1n) is 6.79. The summed E-state index contributed by atoms with van der Waals surface area (Å²) >= 11 is 0. The lowest BCUT2D eigenvalue weighted by atomic mass is 10.1. The number of aromatic amines is 1. The maximum atomic E-state index is 12.3. The SMILES string of the molecule is Cc1cc(=O)c(C(=O)N2CCC(OCC(=O)O)CC2)c[nH]1. The minimum absolute atomic E-state index is 0.130. The van der Waals surface area contributed by atoms with E-state index in [0.717, 1.165) is 0 Å². The van der Waals surface area contributed by atoms with Gasteiger partial charge in [0.25, 0.3) is 5.91 Å². The number of hydrogen-bond donors (Lipinski definition) is 2. The number of nitrogens with zero attached hydrogens (tertiary/aromatic N) is 1. The molecule has 1 fully saturated rings. The molecule has 0 unspecified atom stereocenters. The van der Waals surface area contributed by atoms with Gasteiger partial charge >= 0.3 is 5.97 Å². The third-order valence-electron chi connectivity index (χ3n) is 3.46. The number of carbonyl (C=O) groups is 2. The summed E-state index contributed by atoms with van der Waals surface area (Å²) in [6.07, 6.45) is 2.43. The third-order valence-corrected chi connectivity index (χ3v) is 3.46. The molecule has 7 heteroatoms. The van der Waals surface area contributed by atoms with Crippen LogP contribution in [0.1, 0.15) is 28.9 Å². The molecular weight excluding hydrogens is 276 g/mol. The van der Waals surface area contributed by atoms with Crippen LogP contribution in [0.2, 0.25) is 0 Å². The average molecular weight is 294 g/mol. The van der Waals surface area contributed by atoms with Crippen molar-refractivity contribution in [2.75, 3.05) is 19.7 Å². The van der Waals surface area contributed by atoms with Gasteiger partial charge in [-0.15, -0.1) is 0 Å². The number of rotatable bonds is 4. The van der Waals surface area contributed by atoms with Crippen molar-refractivity contribution in [1.29, 1.82) is 0 Å². The van der Waals surface area contributed by atoms with Crippen molar-refractivity contribution in [3.63, 3.8) is 0 Å². The molecule has 2 N–H and O–H groups in total. The van der Waals surface area contributed by atoms with Crippen molar-refractivity contribution in [3.05, 3.63) is 33.7 Å². The zero-order valence-corrected chi connectivity index (χ0v) is 11.8. The Morgan fingerprint density at radius 1 is 1.43 bits per heavy atom. The largest absolute Gasteiger partial charge is 0.480 e. The van der Waals surface area contributed by atoms with E-state index >= 15 is 0 Å². The molecule has 0 aromatic carbocycles. The quantitative estimate of drug-likeness (QED) is 0.836. The lowest BCUT2D eigenvalue weighted by Gasteiger charge is -2.31. The highest BCUT2D eigenvalue weighted by atomic mass is 16.5. The van der Waals surface area contributed by atoms with E-state index < -0.39 is 5.97 Å². The number of carboxylic acid groups (broad SMARTS) is 1. The predicted octanol–water partition coefficient (Wildman–Crippen LogP) is 0.389. The fourth-order valence-corrected chi connectivity index (χ4v) is 2.33. The van der Waals surface area contributed by atoms with Crippen LogP contribution in [-0.4, -0.2) is 52.7 Å². The van der Waals surface area contributed by atoms with Crippen molar-refractivity contribution < 1.29 is 19.4 Å². The average Bonchev–Trinajstić information content (AvgIpc) is 2.45. The molecule has 0 radical (unpaired) electrons. The van der Waals surface area contributed by atoms with Crippen LogP contribution in [0.3, 0.4) is 0 Å². The molecule has 0 atom stereocenters. The third kappa shape index (κ3) is 3.91. The van der Waals surface area contributed by atoms with Gasteiger partial charge in [0.2, 0.25) is 0 Å². The first-order chi connectivity index (χ1) is 9.97. The molecule has 7 nitrogen and oxygen atoms in total. The molecule has 1 amide bonds. The number of pyridine rings is 1. The van der Waals surface area contributed by atoms with Crippen LogP contribution < -0.4 is 5.43 Å². The zero-order chi connectivity index (χ0) is 15.4. The van der Waals surface area contributed by atoms with Crippen molar-refractivity contribution in [2.45, 2.75) is 25.9 Å². The Balaban J connectivity index is 1.94. The molecule has 2 rings (SSSR count). The van der Waals surface area contributed by atoms with E-state index in [2.05, 4.69) is 4.98 Å². The molecule has 1 aromatic rings. The number of aliphatic carboxylic acids is 1. The molecule has 114 valence electrons. The minimum Gasteiger partial charge on any atom is -0.480 e. The Morgan fingerprint density at radius 3 is 2.67 bits per heavy atom. The summed E-state index contributed by atoms with van der Waals surface area (Å²) in [5, 5.41) is 8.56. The second-order valence-electron chi connectivity index (χ2n) is 5.09. The summed E-state index contributed by atoms with van der Waals surface area (Å²) in [5.74, 6) is -1.30. The van der Waals surface area contributed by atoms with E-state index in [1.807, 2.05) is 0 Å². The number of aryl methyl sites for hydroxylation is 1. The zero-order valence-electron chi connectivity index (χ0n) is 11.8. The summed E-state index contributed by atoms with van der Waals surface area (Å²) in [5.41, 5.74) is 0.545. The van der Waals surface area contributed by atoms with Crippen LogP contribution in [-0.2, 0) is 9.53 Å². The van der Waals surface area contributed by atoms with Crippen LogP contribution in [0.4, 0.5) is 0 Å². The standard InChI is InChI=1S/C14H18N2O5/c1-9-6-12(17)11(7-15-9)14(20)16-4-2-10(3-5-16)21-8-13(18)19/h6-7,10H,2-5,8H2,1H3,(H,15,17)(H,18,19). The molecule has 0 spiro atoms. The van der Waals surface area contributed by atoms with Gasteiger partial charge in [0, 0.05) is 31.0 Å². The molecule has 0 saturated carbocycles. The predicted molar refractivity (Wildman–Crippen MR) is 74.3 cm³/mol. The van der Waals surface area contributed by atoms with Crippen LogP contribution >= 0.6 is 0 Å². The van der Waals surface area contributed by atoms with Gasteiger partial charge in [-0.1, -0.05) is 0 Å². The summed E-state index contributed by atoms with van der Waals surface area (Å²) in [4.78, 5) is 39.0. The van der Waals surface area contributed by atoms with Gasteiger partial charge < -0.3 is 19.7 Å². The fraction of sp³-hybridized carbons (Fsp3) is 0.500. The molecule has 1 aliphatic heterocycles. The molecule has 2 heterocycles. The molecule has 21 heavy (non-hydrogen) atoms. The molecule has 1 aliphatic rings. The summed E-state index contributed by atoms with van der Waals surface area (Å²) in [6.45, 7) is 2.34. The van der Waals surface area contributed by atoms with Gasteiger partial charge in [0.05, 0.1) is 6.10 Å². The molecule has 0 aliphatic carbocycles. The monoisotopic (exact) mass is 294 g/mol. The van der Waals surface area contributed by atoms with Crippen LogP contribution in [0.25, 0.3) is 0 Å². The maximum absolute atomic E-state index is 12.3. The van der Waals surface area contributed by atoms with Crippen LogP contribution in [0, 0.1) is 6.92 Å². The first kappa shape index (κ1) is 15.2. The number of likely N-dealkylation sites (tertiary alicyclic amines) is 1. The molecule has 1 saturated heterocycles. The van der Waals surface area contributed by atoms with E-state index in [9.17, 15) is 14.4 Å². The Labute approximate surface area is 121 Å². The topological polar surface area (TPSA) is 99.7 Å². The lowest BCUT2D eigenvalue weighted by Crippen LogP contribution is -2.42. The van der Waals surface area contributed by atoms with E-state index in [-0.39, 0.29) is 29.6 Å². The number of ether oxygens (including phenoxy) is 1. The fourth-order valence-electron chi connectivity index (χ4n) is 2.33. The van der Waals surface area contributed by atoms with E-state index in [1.165, 1.54) is 12.3 Å². The van der Waals surface area contributed by atoms with Crippen molar-refractivity contribution in [2.24, 2.45) is 0 Å². The first-order valence-corrected chi connectivity index (χ1v) is 6.79. The highest BCUT2D eigenvalue weighted by Crippen LogP contribution is 2.15. The number of amides is 1. The number of hydrogen-bond acceptors (Lipinski definition) is 4. The van der Waals surface area contributed by atoms with Crippen molar-refractivity contribution in [3.8, 4) is 0 Å². The van der Waals surface area contributed by atoms with Crippen LogP contribution in [0.5, 0.6) is 0 Å². The highest BCUT2D eigenvalue weighted by molar-refractivity contribution is 5.93. The van der Waals surface area contributed by atoms with Gasteiger partial charge in [-0.2, -0.15) is 0 Å². The normalized spacial score (nSPS) is 16.0. The van der Waals surface area contributed by atoms with Gasteiger partial charge in [-0.25, -0.2) is 4.79 Å². The van der Waals surface area contributed by atoms with Gasteiger partial charge in [0.1, 0.15) is 12.2 Å². The summed E-state index contributed by atoms with van der Waals surface area (Å²) < 4.78 is 5.21. The number of carboxylic acids is 1. The minimum atomic E-state index is -1.00. The number of aromatic nitrogens is 1. The Hall–Kier alpha value is -2.15. The van der Waals surface area contributed by atoms with Gasteiger partial charge in [-0.3, -0.25) is 9.59 Å². The summed E-state index contributed by atoms with van der Waals surface area (Å²) in [7, 11) is 0. The molecular formula is C14H18N2O5. The van der Waals surface area contributed by atoms with Gasteiger partial charge in [-0.05, 0) is 19.8 Å². The highest BCUT2D eigenvalue weighted by Gasteiger charge is 2.25. The molecule has 0 bridgehead atoms. The smallest absolute Gasteiger partial charge is 0.329 e. The van der Waals surface area contributed by atoms with E-state index in [1.54, 1.807) is 11.8 Å². The number of nitrogens with one attached hydrogen (secondary N) is 1. The van der Waals surface area contributed by atoms with Crippen molar-refractivity contribution in [1.82, 2.24) is 9.88 Å². The van der Waals surface area contributed by atoms with E-state index in [0.29, 0.717) is 31.6 Å². The van der Waals surface area contributed by atoms with Gasteiger partial charge in [0.15, 0.2) is 5.43 Å². The number of piperidine rings is 1. The van der Waals surface area contributed by atoms with Crippen molar-refractivity contribution >= 4 is 11.9 Å². The summed E-state index contributed by atoms with van der Waals surface area (Å²) in [6, 6.07) is 1.40.